The van der Waals surface area contributed by atoms with Gasteiger partial charge in [-0.25, -0.2) is 9.97 Å². The first-order valence-electron chi connectivity index (χ1n) is 8.01. The summed E-state index contributed by atoms with van der Waals surface area (Å²) in [7, 11) is 3.72. The Balaban J connectivity index is 1.71. The molecular weight excluding hydrogens is 308 g/mol. The Labute approximate surface area is 140 Å². The predicted molar refractivity (Wildman–Crippen MR) is 88.5 cm³/mol. The molecule has 8 heteroatoms. The Hall–Kier alpha value is -2.64. The summed E-state index contributed by atoms with van der Waals surface area (Å²) in [6.07, 6.45) is 5.76. The Morgan fingerprint density at radius 2 is 2.21 bits per heavy atom. The first-order chi connectivity index (χ1) is 11.6. The first kappa shape index (κ1) is 16.2. The van der Waals surface area contributed by atoms with Crippen molar-refractivity contribution >= 4 is 11.7 Å². The molecule has 0 aliphatic carbocycles. The fraction of sp³-hybridized carbons (Fsp3) is 0.500. The highest BCUT2D eigenvalue weighted by Crippen LogP contribution is 2.36. The average Bonchev–Trinajstić information content (AvgIpc) is 3.10. The molecule has 0 spiro atoms. The SMILES string of the molecule is CCOc1cc(NC[C@@H]2CC(=O)N(C)[C@H]2c2cnn(C)c2)ncn1. The molecule has 1 aliphatic rings. The van der Waals surface area contributed by atoms with E-state index in [9.17, 15) is 4.79 Å². The summed E-state index contributed by atoms with van der Waals surface area (Å²) in [5, 5.41) is 7.52. The minimum Gasteiger partial charge on any atom is -0.478 e. The summed E-state index contributed by atoms with van der Waals surface area (Å²) in [5.74, 6) is 1.53. The van der Waals surface area contributed by atoms with Crippen molar-refractivity contribution < 1.29 is 9.53 Å². The Morgan fingerprint density at radius 3 is 2.92 bits per heavy atom. The third-order valence-corrected chi connectivity index (χ3v) is 4.24. The van der Waals surface area contributed by atoms with E-state index in [2.05, 4.69) is 20.4 Å². The number of carbonyl (C=O) groups excluding carboxylic acids is 1. The molecule has 0 unspecified atom stereocenters. The lowest BCUT2D eigenvalue weighted by Crippen LogP contribution is -2.26. The number of carbonyl (C=O) groups is 1. The molecule has 1 amide bonds. The molecule has 1 N–H and O–H groups in total. The molecule has 2 atom stereocenters. The quantitative estimate of drug-likeness (QED) is 0.858. The maximum atomic E-state index is 12.2. The van der Waals surface area contributed by atoms with Gasteiger partial charge >= 0.3 is 0 Å². The van der Waals surface area contributed by atoms with E-state index < -0.39 is 0 Å². The van der Waals surface area contributed by atoms with Gasteiger partial charge in [-0.1, -0.05) is 0 Å². The summed E-state index contributed by atoms with van der Waals surface area (Å²) >= 11 is 0. The minimum atomic E-state index is 0.0203. The van der Waals surface area contributed by atoms with E-state index in [0.717, 1.165) is 5.56 Å². The highest BCUT2D eigenvalue weighted by Gasteiger charge is 2.38. The summed E-state index contributed by atoms with van der Waals surface area (Å²) in [6.45, 7) is 3.10. The van der Waals surface area contributed by atoms with E-state index >= 15 is 0 Å². The van der Waals surface area contributed by atoms with Crippen molar-refractivity contribution in [2.45, 2.75) is 19.4 Å². The second kappa shape index (κ2) is 6.86. The largest absolute Gasteiger partial charge is 0.478 e. The predicted octanol–water partition coefficient (Wildman–Crippen LogP) is 1.24. The van der Waals surface area contributed by atoms with Crippen LogP contribution in [-0.4, -0.2) is 50.8 Å². The standard InChI is InChI=1S/C16H22N6O2/c1-4-24-14-6-13(18-10-19-14)17-7-11-5-15(23)22(3)16(11)12-8-20-21(2)9-12/h6,8-11,16H,4-5,7H2,1-3H3,(H,17,18,19)/t11-,16+/m0/s1. The van der Waals surface area contributed by atoms with Gasteiger partial charge in [0, 0.05) is 50.8 Å². The van der Waals surface area contributed by atoms with Crippen molar-refractivity contribution in [2.24, 2.45) is 13.0 Å². The van der Waals surface area contributed by atoms with Crippen LogP contribution in [0.25, 0.3) is 0 Å². The Morgan fingerprint density at radius 1 is 1.38 bits per heavy atom. The van der Waals surface area contributed by atoms with Gasteiger partial charge in [-0.3, -0.25) is 9.48 Å². The lowest BCUT2D eigenvalue weighted by atomic mass is 9.96. The molecular formula is C16H22N6O2. The fourth-order valence-corrected chi connectivity index (χ4v) is 3.12. The third-order valence-electron chi connectivity index (χ3n) is 4.24. The van der Waals surface area contributed by atoms with Gasteiger partial charge in [0.15, 0.2) is 0 Å². The number of aryl methyl sites for hydroxylation is 1. The maximum Gasteiger partial charge on any atom is 0.223 e. The highest BCUT2D eigenvalue weighted by atomic mass is 16.5. The summed E-state index contributed by atoms with van der Waals surface area (Å²) < 4.78 is 7.14. The van der Waals surface area contributed by atoms with Crippen LogP contribution in [0.1, 0.15) is 24.9 Å². The van der Waals surface area contributed by atoms with Gasteiger partial charge < -0.3 is 15.0 Å². The summed E-state index contributed by atoms with van der Waals surface area (Å²) in [4.78, 5) is 22.2. The number of likely N-dealkylation sites (tertiary alicyclic amines) is 1. The number of amides is 1. The maximum absolute atomic E-state index is 12.2. The van der Waals surface area contributed by atoms with Crippen LogP contribution in [-0.2, 0) is 11.8 Å². The lowest BCUT2D eigenvalue weighted by molar-refractivity contribution is -0.127. The molecule has 3 heterocycles. The molecule has 0 aromatic carbocycles. The number of hydrogen-bond donors (Lipinski definition) is 1. The van der Waals surface area contributed by atoms with Crippen LogP contribution in [0.3, 0.4) is 0 Å². The molecule has 2 aromatic rings. The molecule has 0 bridgehead atoms. The molecule has 1 fully saturated rings. The van der Waals surface area contributed by atoms with Crippen LogP contribution >= 0.6 is 0 Å². The van der Waals surface area contributed by atoms with Crippen LogP contribution < -0.4 is 10.1 Å². The summed E-state index contributed by atoms with van der Waals surface area (Å²) in [5.41, 5.74) is 1.05. The number of hydrogen-bond acceptors (Lipinski definition) is 6. The van der Waals surface area contributed by atoms with E-state index in [1.165, 1.54) is 6.33 Å². The third kappa shape index (κ3) is 3.32. The van der Waals surface area contributed by atoms with Crippen molar-refractivity contribution in [3.05, 3.63) is 30.4 Å². The monoisotopic (exact) mass is 330 g/mol. The molecule has 128 valence electrons. The fourth-order valence-electron chi connectivity index (χ4n) is 3.12. The van der Waals surface area contributed by atoms with E-state index in [-0.39, 0.29) is 17.9 Å². The molecule has 8 nitrogen and oxygen atoms in total. The van der Waals surface area contributed by atoms with Gasteiger partial charge in [-0.15, -0.1) is 0 Å². The Bertz CT molecular complexity index is 716. The number of rotatable bonds is 6. The molecule has 3 rings (SSSR count). The molecule has 0 saturated carbocycles. The van der Waals surface area contributed by atoms with E-state index in [1.54, 1.807) is 15.6 Å². The van der Waals surface area contributed by atoms with Gasteiger partial charge in [0.05, 0.1) is 18.8 Å². The summed E-state index contributed by atoms with van der Waals surface area (Å²) in [6, 6.07) is 1.79. The first-order valence-corrected chi connectivity index (χ1v) is 8.01. The molecule has 1 aliphatic heterocycles. The van der Waals surface area contributed by atoms with Gasteiger partial charge in [0.25, 0.3) is 0 Å². The van der Waals surface area contributed by atoms with Gasteiger partial charge in [-0.2, -0.15) is 5.10 Å². The second-order valence-corrected chi connectivity index (χ2v) is 5.92. The number of aromatic nitrogens is 4. The highest BCUT2D eigenvalue weighted by molar-refractivity contribution is 5.79. The van der Waals surface area contributed by atoms with E-state index in [4.69, 9.17) is 4.74 Å². The average molecular weight is 330 g/mol. The van der Waals surface area contributed by atoms with Crippen molar-refractivity contribution in [2.75, 3.05) is 25.5 Å². The van der Waals surface area contributed by atoms with E-state index in [1.807, 2.05) is 33.4 Å². The van der Waals surface area contributed by atoms with Crippen LogP contribution in [0.2, 0.25) is 0 Å². The molecule has 0 radical (unpaired) electrons. The van der Waals surface area contributed by atoms with Gasteiger partial charge in [0.2, 0.25) is 11.8 Å². The van der Waals surface area contributed by atoms with Crippen molar-refractivity contribution in [1.82, 2.24) is 24.6 Å². The second-order valence-electron chi connectivity index (χ2n) is 5.92. The topological polar surface area (TPSA) is 85.2 Å². The van der Waals surface area contributed by atoms with Crippen LogP contribution in [0.4, 0.5) is 5.82 Å². The normalized spacial score (nSPS) is 20.5. The zero-order valence-electron chi connectivity index (χ0n) is 14.1. The number of ether oxygens (including phenoxy) is 1. The van der Waals surface area contributed by atoms with Crippen molar-refractivity contribution in [3.8, 4) is 5.88 Å². The zero-order chi connectivity index (χ0) is 17.1. The number of nitrogens with zero attached hydrogens (tertiary/aromatic N) is 5. The van der Waals surface area contributed by atoms with E-state index in [0.29, 0.717) is 31.3 Å². The minimum absolute atomic E-state index is 0.0203. The van der Waals surface area contributed by atoms with Crippen molar-refractivity contribution in [3.63, 3.8) is 0 Å². The number of nitrogens with one attached hydrogen (secondary N) is 1. The van der Waals surface area contributed by atoms with Crippen LogP contribution in [0.5, 0.6) is 5.88 Å². The van der Waals surface area contributed by atoms with Crippen molar-refractivity contribution in [1.29, 1.82) is 0 Å². The molecule has 2 aromatic heterocycles. The number of anilines is 1. The Kier molecular flexibility index (Phi) is 4.64. The van der Waals surface area contributed by atoms with Crippen LogP contribution in [0.15, 0.2) is 24.8 Å². The lowest BCUT2D eigenvalue weighted by Gasteiger charge is -2.24. The van der Waals surface area contributed by atoms with Crippen LogP contribution in [0, 0.1) is 5.92 Å². The molecule has 1 saturated heterocycles. The van der Waals surface area contributed by atoms with Gasteiger partial charge in [0.1, 0.15) is 12.1 Å². The smallest absolute Gasteiger partial charge is 0.223 e. The van der Waals surface area contributed by atoms with Gasteiger partial charge in [-0.05, 0) is 6.92 Å². The molecule has 24 heavy (non-hydrogen) atoms. The zero-order valence-corrected chi connectivity index (χ0v) is 14.1.